The smallest absolute Gasteiger partial charge is 0.245 e. The van der Waals surface area contributed by atoms with E-state index in [1.54, 1.807) is 5.38 Å². The topological polar surface area (TPSA) is 102 Å². The van der Waals surface area contributed by atoms with Gasteiger partial charge in [0.2, 0.25) is 21.8 Å². The van der Waals surface area contributed by atoms with Crippen LogP contribution in [-0.2, 0) is 19.6 Å². The molecule has 9 heteroatoms. The number of hydrogen-bond donors (Lipinski definition) is 2. The molecule has 1 unspecified atom stereocenters. The lowest BCUT2D eigenvalue weighted by molar-refractivity contribution is -0.134. The van der Waals surface area contributed by atoms with Gasteiger partial charge in [-0.05, 0) is 17.9 Å². The van der Waals surface area contributed by atoms with Crippen LogP contribution in [0.5, 0.6) is 5.06 Å². The minimum atomic E-state index is -3.85. The van der Waals surface area contributed by atoms with Crippen LogP contribution in [0.15, 0.2) is 16.3 Å². The van der Waals surface area contributed by atoms with Crippen molar-refractivity contribution in [2.24, 2.45) is 0 Å². The molecule has 1 aliphatic rings. The zero-order valence-electron chi connectivity index (χ0n) is 10.0. The second-order valence-electron chi connectivity index (χ2n) is 3.90. The summed E-state index contributed by atoms with van der Waals surface area (Å²) < 4.78 is 31.5. The molecule has 1 aromatic rings. The van der Waals surface area contributed by atoms with Crippen LogP contribution in [-0.4, -0.2) is 33.4 Å². The number of methoxy groups -OCH3 is 1. The van der Waals surface area contributed by atoms with E-state index in [9.17, 15) is 18.0 Å². The molecule has 0 aromatic carbocycles. The van der Waals surface area contributed by atoms with Crippen molar-refractivity contribution in [2.75, 3.05) is 7.11 Å². The van der Waals surface area contributed by atoms with Crippen molar-refractivity contribution in [1.29, 1.82) is 0 Å². The van der Waals surface area contributed by atoms with Gasteiger partial charge in [-0.1, -0.05) is 0 Å². The summed E-state index contributed by atoms with van der Waals surface area (Å²) in [5, 5.41) is 3.92. The first-order chi connectivity index (χ1) is 8.94. The standard InChI is InChI=1S/C10H12N2O5S2/c1-17-10-7(4-5-18-10)19(15,16)12-6-2-3-8(13)11-9(6)14/h4-6,12H,2-3H2,1H3,(H,11,13,14). The number of rotatable bonds is 4. The Bertz CT molecular complexity index is 607. The van der Waals surface area contributed by atoms with Crippen molar-refractivity contribution in [3.63, 3.8) is 0 Å². The molecule has 0 spiro atoms. The van der Waals surface area contributed by atoms with E-state index in [0.29, 0.717) is 0 Å². The van der Waals surface area contributed by atoms with Gasteiger partial charge < -0.3 is 4.74 Å². The molecule has 2 rings (SSSR count). The number of thiophene rings is 1. The second kappa shape index (κ2) is 5.27. The molecule has 1 atom stereocenters. The number of imide groups is 1. The van der Waals surface area contributed by atoms with Crippen molar-refractivity contribution in [3.8, 4) is 5.06 Å². The Morgan fingerprint density at radius 2 is 2.21 bits per heavy atom. The number of carbonyl (C=O) groups excluding carboxylic acids is 2. The van der Waals surface area contributed by atoms with Crippen molar-refractivity contribution in [2.45, 2.75) is 23.8 Å². The van der Waals surface area contributed by atoms with Gasteiger partial charge in [-0.3, -0.25) is 14.9 Å². The molecule has 0 saturated carbocycles. The minimum Gasteiger partial charge on any atom is -0.486 e. The fraction of sp³-hybridized carbons (Fsp3) is 0.400. The van der Waals surface area contributed by atoms with Gasteiger partial charge in [0.1, 0.15) is 10.9 Å². The molecular formula is C10H12N2O5S2. The zero-order valence-corrected chi connectivity index (χ0v) is 11.6. The van der Waals surface area contributed by atoms with E-state index in [4.69, 9.17) is 4.74 Å². The number of piperidine rings is 1. The van der Waals surface area contributed by atoms with Gasteiger partial charge in [0.15, 0.2) is 5.06 Å². The second-order valence-corrected chi connectivity index (χ2v) is 6.46. The van der Waals surface area contributed by atoms with E-state index in [0.717, 1.165) is 11.3 Å². The van der Waals surface area contributed by atoms with Crippen LogP contribution in [0.2, 0.25) is 0 Å². The van der Waals surface area contributed by atoms with Crippen LogP contribution in [0.3, 0.4) is 0 Å². The van der Waals surface area contributed by atoms with E-state index in [2.05, 4.69) is 10.0 Å². The van der Waals surface area contributed by atoms with Gasteiger partial charge in [0.25, 0.3) is 0 Å². The highest BCUT2D eigenvalue weighted by atomic mass is 32.2. The highest BCUT2D eigenvalue weighted by Gasteiger charge is 2.32. The quantitative estimate of drug-likeness (QED) is 0.753. The molecule has 19 heavy (non-hydrogen) atoms. The average molecular weight is 304 g/mol. The Labute approximate surface area is 114 Å². The fourth-order valence-corrected chi connectivity index (χ4v) is 4.13. The first kappa shape index (κ1) is 14.0. The molecule has 1 aliphatic heterocycles. The molecule has 2 amide bonds. The van der Waals surface area contributed by atoms with Gasteiger partial charge in [-0.15, -0.1) is 11.3 Å². The van der Waals surface area contributed by atoms with Gasteiger partial charge in [-0.25, -0.2) is 8.42 Å². The van der Waals surface area contributed by atoms with E-state index < -0.39 is 27.9 Å². The van der Waals surface area contributed by atoms with Gasteiger partial charge in [0, 0.05) is 6.42 Å². The molecule has 0 aliphatic carbocycles. The number of sulfonamides is 1. The molecule has 1 aromatic heterocycles. The molecular weight excluding hydrogens is 292 g/mol. The molecule has 1 fully saturated rings. The SMILES string of the molecule is COc1sccc1S(=O)(=O)NC1CCC(=O)NC1=O. The first-order valence-corrected chi connectivity index (χ1v) is 7.78. The number of carbonyl (C=O) groups is 2. The molecule has 2 heterocycles. The summed E-state index contributed by atoms with van der Waals surface area (Å²) in [6.45, 7) is 0. The van der Waals surface area contributed by atoms with Gasteiger partial charge in [-0.2, -0.15) is 4.72 Å². The average Bonchev–Trinajstić information content (AvgIpc) is 2.82. The predicted molar refractivity (Wildman–Crippen MR) is 67.4 cm³/mol. The Morgan fingerprint density at radius 3 is 2.84 bits per heavy atom. The summed E-state index contributed by atoms with van der Waals surface area (Å²) >= 11 is 1.14. The van der Waals surface area contributed by atoms with Crippen molar-refractivity contribution in [1.82, 2.24) is 10.0 Å². The maximum Gasteiger partial charge on any atom is 0.245 e. The summed E-state index contributed by atoms with van der Waals surface area (Å²) in [6.07, 6.45) is 0.260. The maximum absolute atomic E-state index is 12.1. The molecule has 2 N–H and O–H groups in total. The summed E-state index contributed by atoms with van der Waals surface area (Å²) in [4.78, 5) is 22.5. The van der Waals surface area contributed by atoms with E-state index in [1.165, 1.54) is 13.2 Å². The summed E-state index contributed by atoms with van der Waals surface area (Å²) in [5.74, 6) is -1.03. The Hall–Kier alpha value is -1.45. The third-order valence-electron chi connectivity index (χ3n) is 2.61. The van der Waals surface area contributed by atoms with Crippen LogP contribution < -0.4 is 14.8 Å². The van der Waals surface area contributed by atoms with Crippen molar-refractivity contribution >= 4 is 33.2 Å². The summed E-state index contributed by atoms with van der Waals surface area (Å²) in [7, 11) is -2.47. The first-order valence-electron chi connectivity index (χ1n) is 5.41. The summed E-state index contributed by atoms with van der Waals surface area (Å²) in [6, 6.07) is 0.463. The Balaban J connectivity index is 2.18. The highest BCUT2D eigenvalue weighted by Crippen LogP contribution is 2.30. The predicted octanol–water partition coefficient (Wildman–Crippen LogP) is -0.160. The molecule has 0 bridgehead atoms. The molecule has 7 nitrogen and oxygen atoms in total. The van der Waals surface area contributed by atoms with Crippen LogP contribution in [0.1, 0.15) is 12.8 Å². The highest BCUT2D eigenvalue weighted by molar-refractivity contribution is 7.89. The van der Waals surface area contributed by atoms with Gasteiger partial charge in [0.05, 0.1) is 7.11 Å². The largest absolute Gasteiger partial charge is 0.486 e. The molecule has 0 radical (unpaired) electrons. The van der Waals surface area contributed by atoms with E-state index in [1.807, 2.05) is 0 Å². The fourth-order valence-electron chi connectivity index (χ4n) is 1.69. The lowest BCUT2D eigenvalue weighted by atomic mass is 10.1. The zero-order chi connectivity index (χ0) is 14.0. The van der Waals surface area contributed by atoms with Crippen LogP contribution in [0.4, 0.5) is 0 Å². The molecule has 1 saturated heterocycles. The van der Waals surface area contributed by atoms with Crippen LogP contribution >= 0.6 is 11.3 Å². The number of ether oxygens (including phenoxy) is 1. The third kappa shape index (κ3) is 2.94. The Kier molecular flexibility index (Phi) is 3.88. The lowest BCUT2D eigenvalue weighted by Crippen LogP contribution is -2.52. The van der Waals surface area contributed by atoms with Gasteiger partial charge >= 0.3 is 0 Å². The van der Waals surface area contributed by atoms with E-state index >= 15 is 0 Å². The number of amides is 2. The third-order valence-corrected chi connectivity index (χ3v) is 5.10. The van der Waals surface area contributed by atoms with Crippen molar-refractivity contribution in [3.05, 3.63) is 11.4 Å². The van der Waals surface area contributed by atoms with Crippen LogP contribution in [0.25, 0.3) is 0 Å². The monoisotopic (exact) mass is 304 g/mol. The molecule has 104 valence electrons. The minimum absolute atomic E-state index is 0.00954. The number of nitrogens with one attached hydrogen (secondary N) is 2. The normalized spacial score (nSPS) is 20.2. The summed E-state index contributed by atoms with van der Waals surface area (Å²) in [5.41, 5.74) is 0. The maximum atomic E-state index is 12.1. The van der Waals surface area contributed by atoms with Crippen LogP contribution in [0, 0.1) is 0 Å². The lowest BCUT2D eigenvalue weighted by Gasteiger charge is -2.21. The number of hydrogen-bond acceptors (Lipinski definition) is 6. The van der Waals surface area contributed by atoms with Crippen molar-refractivity contribution < 1.29 is 22.7 Å². The Morgan fingerprint density at radius 1 is 1.47 bits per heavy atom. The van der Waals surface area contributed by atoms with E-state index in [-0.39, 0.29) is 22.8 Å².